The van der Waals surface area contributed by atoms with Crippen LogP contribution in [0.15, 0.2) is 23.5 Å². The summed E-state index contributed by atoms with van der Waals surface area (Å²) in [6.45, 7) is 0. The molecule has 2 aromatic heterocycles. The first-order chi connectivity index (χ1) is 8.33. The molecule has 0 saturated carbocycles. The maximum absolute atomic E-state index is 5.63. The van der Waals surface area contributed by atoms with Gasteiger partial charge in [-0.1, -0.05) is 11.8 Å². The first-order valence-corrected chi connectivity index (χ1v) is 6.71. The molecule has 0 aliphatic carbocycles. The van der Waals surface area contributed by atoms with Gasteiger partial charge in [-0.3, -0.25) is 0 Å². The standard InChI is InChI=1S/C10H12ClN5S/c1-16-9(8-4-2-6-12-13-8)14-15-10(16)17-7-3-5-11/h2,4,6H,3,5,7H2,1H3. The quantitative estimate of drug-likeness (QED) is 0.472. The van der Waals surface area contributed by atoms with Crippen molar-refractivity contribution in [2.75, 3.05) is 11.6 Å². The van der Waals surface area contributed by atoms with Crippen LogP contribution in [0.5, 0.6) is 0 Å². The van der Waals surface area contributed by atoms with Crippen molar-refractivity contribution in [2.45, 2.75) is 11.6 Å². The minimum Gasteiger partial charge on any atom is -0.304 e. The van der Waals surface area contributed by atoms with E-state index >= 15 is 0 Å². The van der Waals surface area contributed by atoms with E-state index in [1.807, 2.05) is 23.7 Å². The molecule has 7 heteroatoms. The third-order valence-corrected chi connectivity index (χ3v) is 3.52. The maximum atomic E-state index is 5.63. The van der Waals surface area contributed by atoms with Crippen molar-refractivity contribution in [1.29, 1.82) is 0 Å². The molecule has 2 heterocycles. The predicted molar refractivity (Wildman–Crippen MR) is 68.1 cm³/mol. The first-order valence-electron chi connectivity index (χ1n) is 5.19. The van der Waals surface area contributed by atoms with Gasteiger partial charge >= 0.3 is 0 Å². The van der Waals surface area contributed by atoms with Crippen LogP contribution in [-0.2, 0) is 7.05 Å². The number of halogens is 1. The van der Waals surface area contributed by atoms with Gasteiger partial charge in [-0.25, -0.2) is 0 Å². The molecular weight excluding hydrogens is 258 g/mol. The molecule has 17 heavy (non-hydrogen) atoms. The van der Waals surface area contributed by atoms with Crippen molar-refractivity contribution < 1.29 is 0 Å². The minimum atomic E-state index is 0.669. The summed E-state index contributed by atoms with van der Waals surface area (Å²) in [6.07, 6.45) is 2.59. The smallest absolute Gasteiger partial charge is 0.191 e. The third kappa shape index (κ3) is 2.95. The third-order valence-electron chi connectivity index (χ3n) is 2.15. The lowest BCUT2D eigenvalue weighted by atomic mass is 10.4. The maximum Gasteiger partial charge on any atom is 0.191 e. The highest BCUT2D eigenvalue weighted by Crippen LogP contribution is 2.21. The van der Waals surface area contributed by atoms with Crippen molar-refractivity contribution in [3.8, 4) is 11.5 Å². The normalized spacial score (nSPS) is 10.7. The lowest BCUT2D eigenvalue weighted by Crippen LogP contribution is -1.97. The zero-order chi connectivity index (χ0) is 12.1. The fourth-order valence-electron chi connectivity index (χ4n) is 1.30. The monoisotopic (exact) mass is 269 g/mol. The molecule has 2 rings (SSSR count). The molecule has 0 N–H and O–H groups in total. The molecule has 0 bridgehead atoms. The topological polar surface area (TPSA) is 56.5 Å². The molecule has 0 unspecified atom stereocenters. The highest BCUT2D eigenvalue weighted by atomic mass is 35.5. The molecule has 0 aromatic carbocycles. The Labute approximate surface area is 109 Å². The van der Waals surface area contributed by atoms with Gasteiger partial charge in [0.25, 0.3) is 0 Å². The Bertz CT molecular complexity index is 473. The van der Waals surface area contributed by atoms with Crippen molar-refractivity contribution in [3.63, 3.8) is 0 Å². The zero-order valence-corrected chi connectivity index (χ0v) is 10.9. The minimum absolute atomic E-state index is 0.669. The van der Waals surface area contributed by atoms with Crippen LogP contribution in [0.1, 0.15) is 6.42 Å². The molecule has 0 spiro atoms. The van der Waals surface area contributed by atoms with E-state index in [9.17, 15) is 0 Å². The predicted octanol–water partition coefficient (Wildman–Crippen LogP) is 1.99. The lowest BCUT2D eigenvalue weighted by Gasteiger charge is -2.01. The van der Waals surface area contributed by atoms with E-state index in [1.165, 1.54) is 0 Å². The van der Waals surface area contributed by atoms with E-state index in [1.54, 1.807) is 18.0 Å². The molecule has 2 aromatic rings. The summed E-state index contributed by atoms with van der Waals surface area (Å²) in [7, 11) is 1.92. The van der Waals surface area contributed by atoms with E-state index in [2.05, 4.69) is 20.4 Å². The van der Waals surface area contributed by atoms with Gasteiger partial charge in [0.2, 0.25) is 0 Å². The Kier molecular flexibility index (Phi) is 4.33. The molecule has 0 aliphatic rings. The largest absolute Gasteiger partial charge is 0.304 e. The van der Waals surface area contributed by atoms with Crippen molar-refractivity contribution in [2.24, 2.45) is 7.05 Å². The molecule has 0 fully saturated rings. The first kappa shape index (κ1) is 12.3. The second-order valence-electron chi connectivity index (χ2n) is 3.37. The average Bonchev–Trinajstić information content (AvgIpc) is 2.73. The molecule has 5 nitrogen and oxygen atoms in total. The number of alkyl halides is 1. The van der Waals surface area contributed by atoms with Crippen LogP contribution in [-0.4, -0.2) is 36.6 Å². The second kappa shape index (κ2) is 5.97. The Balaban J connectivity index is 2.15. The Morgan fingerprint density at radius 2 is 2.24 bits per heavy atom. The van der Waals surface area contributed by atoms with Crippen LogP contribution in [0.3, 0.4) is 0 Å². The summed E-state index contributed by atoms with van der Waals surface area (Å²) >= 11 is 7.28. The fraction of sp³-hybridized carbons (Fsp3) is 0.400. The van der Waals surface area contributed by atoms with E-state index in [0.29, 0.717) is 5.88 Å². The summed E-state index contributed by atoms with van der Waals surface area (Å²) in [6, 6.07) is 3.70. The van der Waals surface area contributed by atoms with Gasteiger partial charge in [0.05, 0.1) is 0 Å². The molecule has 0 atom stereocenters. The van der Waals surface area contributed by atoms with Crippen molar-refractivity contribution in [1.82, 2.24) is 25.0 Å². The summed E-state index contributed by atoms with van der Waals surface area (Å²) in [5, 5.41) is 17.0. The summed E-state index contributed by atoms with van der Waals surface area (Å²) in [5.41, 5.74) is 0.728. The summed E-state index contributed by atoms with van der Waals surface area (Å²) < 4.78 is 1.92. The van der Waals surface area contributed by atoms with Gasteiger partial charge in [0.1, 0.15) is 5.69 Å². The molecular formula is C10H12ClN5S. The number of nitrogens with zero attached hydrogens (tertiary/aromatic N) is 5. The van der Waals surface area contributed by atoms with Crippen molar-refractivity contribution >= 4 is 23.4 Å². The van der Waals surface area contributed by atoms with Gasteiger partial charge < -0.3 is 4.57 Å². The summed E-state index contributed by atoms with van der Waals surface area (Å²) in [5.74, 6) is 2.34. The van der Waals surface area contributed by atoms with Gasteiger partial charge in [0, 0.05) is 24.9 Å². The molecule has 0 radical (unpaired) electrons. The Hall–Kier alpha value is -1.14. The number of rotatable bonds is 5. The number of hydrogen-bond acceptors (Lipinski definition) is 5. The highest BCUT2D eigenvalue weighted by molar-refractivity contribution is 7.99. The summed E-state index contributed by atoms with van der Waals surface area (Å²) in [4.78, 5) is 0. The zero-order valence-electron chi connectivity index (χ0n) is 9.38. The molecule has 0 saturated heterocycles. The van der Waals surface area contributed by atoms with Gasteiger partial charge in [-0.15, -0.1) is 26.9 Å². The van der Waals surface area contributed by atoms with E-state index in [0.717, 1.165) is 28.8 Å². The van der Waals surface area contributed by atoms with Gasteiger partial charge in [0.15, 0.2) is 11.0 Å². The van der Waals surface area contributed by atoms with E-state index in [4.69, 9.17) is 11.6 Å². The molecule has 0 aliphatic heterocycles. The molecule has 90 valence electrons. The molecule has 0 amide bonds. The lowest BCUT2D eigenvalue weighted by molar-refractivity contribution is 0.789. The van der Waals surface area contributed by atoms with Gasteiger partial charge in [-0.2, -0.15) is 5.10 Å². The highest BCUT2D eigenvalue weighted by Gasteiger charge is 2.11. The van der Waals surface area contributed by atoms with Crippen LogP contribution in [0, 0.1) is 0 Å². The van der Waals surface area contributed by atoms with Crippen LogP contribution < -0.4 is 0 Å². The number of thioether (sulfide) groups is 1. The SMILES string of the molecule is Cn1c(SCCCCl)nnc1-c1cccnn1. The van der Waals surface area contributed by atoms with Crippen LogP contribution in [0.2, 0.25) is 0 Å². The average molecular weight is 270 g/mol. The number of aromatic nitrogens is 5. The van der Waals surface area contributed by atoms with Gasteiger partial charge in [-0.05, 0) is 18.6 Å². The van der Waals surface area contributed by atoms with Crippen LogP contribution in [0.25, 0.3) is 11.5 Å². The fourth-order valence-corrected chi connectivity index (χ4v) is 2.44. The second-order valence-corrected chi connectivity index (χ2v) is 4.81. The number of hydrogen-bond donors (Lipinski definition) is 0. The van der Waals surface area contributed by atoms with E-state index < -0.39 is 0 Å². The van der Waals surface area contributed by atoms with Crippen molar-refractivity contribution in [3.05, 3.63) is 18.3 Å². The van der Waals surface area contributed by atoms with E-state index in [-0.39, 0.29) is 0 Å². The Morgan fingerprint density at radius 1 is 1.35 bits per heavy atom. The van der Waals surface area contributed by atoms with Crippen LogP contribution >= 0.6 is 23.4 Å². The van der Waals surface area contributed by atoms with Crippen LogP contribution in [0.4, 0.5) is 0 Å². The Morgan fingerprint density at radius 3 is 2.94 bits per heavy atom.